The zero-order chi connectivity index (χ0) is 14.5. The number of aromatic amines is 1. The second kappa shape index (κ2) is 6.56. The molecule has 3 N–H and O–H groups in total. The third kappa shape index (κ3) is 3.60. The molecule has 0 fully saturated rings. The average molecular weight is 290 g/mol. The van der Waals surface area contributed by atoms with Gasteiger partial charge in [-0.3, -0.25) is 9.79 Å². The predicted octanol–water partition coefficient (Wildman–Crippen LogP) is 2.27. The molecule has 1 atom stereocenters. The molecule has 0 aliphatic heterocycles. The molecule has 0 amide bonds. The van der Waals surface area contributed by atoms with Crippen molar-refractivity contribution in [1.29, 1.82) is 0 Å². The Bertz CT molecular complexity index is 680. The van der Waals surface area contributed by atoms with Gasteiger partial charge in [-0.2, -0.15) is 0 Å². The number of nitrogens with zero attached hydrogens (tertiary/aromatic N) is 2. The summed E-state index contributed by atoms with van der Waals surface area (Å²) in [6, 6.07) is 7.49. The summed E-state index contributed by atoms with van der Waals surface area (Å²) in [5.74, 6) is 1.12. The molecule has 0 unspecified atom stereocenters. The van der Waals surface area contributed by atoms with E-state index < -0.39 is 0 Å². The van der Waals surface area contributed by atoms with E-state index in [-0.39, 0.29) is 11.6 Å². The van der Waals surface area contributed by atoms with Crippen LogP contribution in [0.5, 0.6) is 0 Å². The summed E-state index contributed by atoms with van der Waals surface area (Å²) in [4.78, 5) is 23.4. The fourth-order valence-electron chi connectivity index (χ4n) is 1.69. The molecular weight excluding hydrogens is 272 g/mol. The maximum absolute atomic E-state index is 11.9. The quantitative estimate of drug-likeness (QED) is 0.668. The van der Waals surface area contributed by atoms with Gasteiger partial charge in [0, 0.05) is 6.04 Å². The number of para-hydroxylation sites is 1. The second-order valence-corrected chi connectivity index (χ2v) is 5.54. The van der Waals surface area contributed by atoms with Crippen LogP contribution in [0, 0.1) is 0 Å². The second-order valence-electron chi connectivity index (χ2n) is 4.54. The Kier molecular flexibility index (Phi) is 4.79. The Morgan fingerprint density at radius 3 is 3.00 bits per heavy atom. The third-order valence-corrected chi connectivity index (χ3v) is 3.78. The number of aromatic nitrogens is 2. The van der Waals surface area contributed by atoms with Crippen molar-refractivity contribution in [2.24, 2.45) is 10.7 Å². The Morgan fingerprint density at radius 1 is 1.50 bits per heavy atom. The van der Waals surface area contributed by atoms with Gasteiger partial charge in [-0.25, -0.2) is 4.98 Å². The molecule has 0 radical (unpaired) electrons. The van der Waals surface area contributed by atoms with Crippen molar-refractivity contribution in [2.45, 2.75) is 32.1 Å². The molecular formula is C14H18N4OS. The number of thioether (sulfide) groups is 1. The summed E-state index contributed by atoms with van der Waals surface area (Å²) >= 11 is 1.39. The van der Waals surface area contributed by atoms with Crippen LogP contribution in [0.4, 0.5) is 0 Å². The van der Waals surface area contributed by atoms with Crippen LogP contribution in [0.25, 0.3) is 10.9 Å². The van der Waals surface area contributed by atoms with Crippen LogP contribution in [0.3, 0.4) is 0 Å². The molecule has 0 saturated carbocycles. The van der Waals surface area contributed by atoms with Crippen LogP contribution in [0.15, 0.2) is 34.1 Å². The van der Waals surface area contributed by atoms with E-state index in [4.69, 9.17) is 5.73 Å². The molecule has 1 heterocycles. The first-order chi connectivity index (χ1) is 9.60. The van der Waals surface area contributed by atoms with Crippen molar-refractivity contribution in [3.63, 3.8) is 0 Å². The van der Waals surface area contributed by atoms with Crippen molar-refractivity contribution in [1.82, 2.24) is 9.97 Å². The summed E-state index contributed by atoms with van der Waals surface area (Å²) in [6.07, 6.45) is 0.951. The van der Waals surface area contributed by atoms with Crippen molar-refractivity contribution in [3.05, 3.63) is 40.4 Å². The van der Waals surface area contributed by atoms with E-state index in [9.17, 15) is 4.79 Å². The van der Waals surface area contributed by atoms with Gasteiger partial charge in [-0.05, 0) is 25.5 Å². The van der Waals surface area contributed by atoms with Gasteiger partial charge < -0.3 is 10.7 Å². The van der Waals surface area contributed by atoms with Gasteiger partial charge in [0.25, 0.3) is 5.56 Å². The zero-order valence-electron chi connectivity index (χ0n) is 11.6. The van der Waals surface area contributed by atoms with Crippen molar-refractivity contribution >= 4 is 27.8 Å². The molecule has 20 heavy (non-hydrogen) atoms. The topological polar surface area (TPSA) is 84.1 Å². The summed E-state index contributed by atoms with van der Waals surface area (Å²) in [6.45, 7) is 4.08. The number of amidine groups is 1. The van der Waals surface area contributed by atoms with E-state index in [1.165, 1.54) is 11.8 Å². The van der Waals surface area contributed by atoms with Gasteiger partial charge in [0.2, 0.25) is 0 Å². The standard InChI is InChI=1S/C14H18N4OS/c1-3-9(2)16-14(15)20-8-12-17-11-7-5-4-6-10(11)13(19)18-12/h4-7,9H,3,8H2,1-2H3,(H2,15,16)(H,17,18,19)/t9-/m1/s1. The van der Waals surface area contributed by atoms with E-state index in [0.717, 1.165) is 6.42 Å². The van der Waals surface area contributed by atoms with Gasteiger partial charge in [0.05, 0.1) is 16.7 Å². The predicted molar refractivity (Wildman–Crippen MR) is 85.0 cm³/mol. The SMILES string of the molecule is CC[C@@H](C)N=C(N)SCc1nc2ccccc2c(=O)[nH]1. The largest absolute Gasteiger partial charge is 0.379 e. The lowest BCUT2D eigenvalue weighted by Crippen LogP contribution is -2.14. The molecule has 0 aliphatic rings. The molecule has 5 nitrogen and oxygen atoms in total. The summed E-state index contributed by atoms with van der Waals surface area (Å²) < 4.78 is 0. The van der Waals surface area contributed by atoms with E-state index in [1.807, 2.05) is 25.1 Å². The van der Waals surface area contributed by atoms with E-state index in [0.29, 0.717) is 27.6 Å². The number of hydrogen-bond acceptors (Lipinski definition) is 4. The Labute approximate surface area is 121 Å². The monoisotopic (exact) mass is 290 g/mol. The lowest BCUT2D eigenvalue weighted by molar-refractivity contribution is 0.718. The third-order valence-electron chi connectivity index (χ3n) is 2.96. The summed E-state index contributed by atoms with van der Waals surface area (Å²) in [7, 11) is 0. The van der Waals surface area contributed by atoms with Gasteiger partial charge in [-0.1, -0.05) is 30.8 Å². The van der Waals surface area contributed by atoms with Crippen LogP contribution in [0.2, 0.25) is 0 Å². The first-order valence-electron chi connectivity index (χ1n) is 6.54. The van der Waals surface area contributed by atoms with E-state index in [1.54, 1.807) is 6.07 Å². The number of H-pyrrole nitrogens is 1. The van der Waals surface area contributed by atoms with Gasteiger partial charge in [-0.15, -0.1) is 0 Å². The van der Waals surface area contributed by atoms with Gasteiger partial charge in [0.15, 0.2) is 5.17 Å². The van der Waals surface area contributed by atoms with Crippen LogP contribution in [0.1, 0.15) is 26.1 Å². The van der Waals surface area contributed by atoms with Crippen LogP contribution in [-0.4, -0.2) is 21.2 Å². The first-order valence-corrected chi connectivity index (χ1v) is 7.52. The number of rotatable bonds is 4. The van der Waals surface area contributed by atoms with Crippen LogP contribution >= 0.6 is 11.8 Å². The minimum absolute atomic E-state index is 0.122. The number of nitrogens with two attached hydrogens (primary N) is 1. The molecule has 0 saturated heterocycles. The highest BCUT2D eigenvalue weighted by Gasteiger charge is 2.05. The van der Waals surface area contributed by atoms with Crippen LogP contribution < -0.4 is 11.3 Å². The molecule has 106 valence electrons. The average Bonchev–Trinajstić information content (AvgIpc) is 2.45. The van der Waals surface area contributed by atoms with E-state index in [2.05, 4.69) is 21.9 Å². The minimum Gasteiger partial charge on any atom is -0.379 e. The smallest absolute Gasteiger partial charge is 0.258 e. The number of fused-ring (bicyclic) bond motifs is 1. The van der Waals surface area contributed by atoms with Crippen LogP contribution in [-0.2, 0) is 5.75 Å². The molecule has 2 rings (SSSR count). The maximum Gasteiger partial charge on any atom is 0.258 e. The number of nitrogens with one attached hydrogen (secondary N) is 1. The number of aliphatic imine (C=N–C) groups is 1. The van der Waals surface area contributed by atoms with Crippen molar-refractivity contribution < 1.29 is 0 Å². The Hall–Kier alpha value is -1.82. The highest BCUT2D eigenvalue weighted by Crippen LogP contribution is 2.12. The Morgan fingerprint density at radius 2 is 2.25 bits per heavy atom. The molecule has 2 aromatic rings. The van der Waals surface area contributed by atoms with Gasteiger partial charge >= 0.3 is 0 Å². The van der Waals surface area contributed by atoms with Crippen molar-refractivity contribution in [2.75, 3.05) is 0 Å². The molecule has 6 heteroatoms. The number of hydrogen-bond donors (Lipinski definition) is 2. The lowest BCUT2D eigenvalue weighted by Gasteiger charge is -2.05. The Balaban J connectivity index is 2.15. The fourth-order valence-corrected chi connectivity index (χ4v) is 2.37. The number of benzene rings is 1. The maximum atomic E-state index is 11.9. The lowest BCUT2D eigenvalue weighted by atomic mass is 10.2. The molecule has 0 spiro atoms. The summed E-state index contributed by atoms with van der Waals surface area (Å²) in [5.41, 5.74) is 6.42. The highest BCUT2D eigenvalue weighted by molar-refractivity contribution is 8.13. The fraction of sp³-hybridized carbons (Fsp3) is 0.357. The molecule has 1 aromatic carbocycles. The minimum atomic E-state index is -0.122. The first kappa shape index (κ1) is 14.6. The van der Waals surface area contributed by atoms with Gasteiger partial charge in [0.1, 0.15) is 5.82 Å². The molecule has 0 aliphatic carbocycles. The molecule has 1 aromatic heterocycles. The zero-order valence-corrected chi connectivity index (χ0v) is 12.4. The highest BCUT2D eigenvalue weighted by atomic mass is 32.2. The molecule has 0 bridgehead atoms. The van der Waals surface area contributed by atoms with E-state index >= 15 is 0 Å². The van der Waals surface area contributed by atoms with Crippen molar-refractivity contribution in [3.8, 4) is 0 Å². The summed E-state index contributed by atoms with van der Waals surface area (Å²) in [5, 5.41) is 1.12. The normalized spacial score (nSPS) is 13.6.